The first kappa shape index (κ1) is 8.48. The Kier molecular flexibility index (Phi) is 1.94. The first-order valence-electron chi connectivity index (χ1n) is 4.39. The number of anilines is 1. The molecule has 1 aliphatic carbocycles. The van der Waals surface area contributed by atoms with Gasteiger partial charge in [-0.05, 0) is 30.4 Å². The Morgan fingerprint density at radius 2 is 2.00 bits per heavy atom. The Hall–Kier alpha value is -1.12. The van der Waals surface area contributed by atoms with Crippen molar-refractivity contribution in [2.24, 2.45) is 0 Å². The summed E-state index contributed by atoms with van der Waals surface area (Å²) in [4.78, 5) is 0. The van der Waals surface area contributed by atoms with Crippen LogP contribution in [0.4, 0.5) is 14.5 Å². The Morgan fingerprint density at radius 1 is 1.31 bits per heavy atom. The molecule has 0 radical (unpaired) electrons. The van der Waals surface area contributed by atoms with Crippen molar-refractivity contribution in [3.05, 3.63) is 29.3 Å². The van der Waals surface area contributed by atoms with Gasteiger partial charge in [0.25, 0.3) is 0 Å². The third-order valence-corrected chi connectivity index (χ3v) is 2.36. The molecule has 0 aromatic heterocycles. The first-order valence-corrected chi connectivity index (χ1v) is 4.39. The minimum atomic E-state index is -0.756. The highest BCUT2D eigenvalue weighted by Crippen LogP contribution is 2.42. The Bertz CT molecular complexity index is 332. The van der Waals surface area contributed by atoms with Gasteiger partial charge in [-0.25, -0.2) is 8.78 Å². The summed E-state index contributed by atoms with van der Waals surface area (Å²) in [5.74, 6) is -1.20. The van der Waals surface area contributed by atoms with E-state index in [1.807, 2.05) is 0 Å². The molecule has 1 nitrogen and oxygen atoms in total. The van der Waals surface area contributed by atoms with Crippen LogP contribution < -0.4 is 5.32 Å². The van der Waals surface area contributed by atoms with Crippen LogP contribution in [-0.4, -0.2) is 7.05 Å². The third-order valence-electron chi connectivity index (χ3n) is 2.36. The quantitative estimate of drug-likeness (QED) is 0.743. The van der Waals surface area contributed by atoms with Crippen molar-refractivity contribution in [1.29, 1.82) is 0 Å². The van der Waals surface area contributed by atoms with Crippen molar-refractivity contribution < 1.29 is 8.78 Å². The Balaban J connectivity index is 2.46. The average Bonchev–Trinajstić information content (AvgIpc) is 2.92. The van der Waals surface area contributed by atoms with Crippen molar-refractivity contribution in [2.75, 3.05) is 12.4 Å². The summed E-state index contributed by atoms with van der Waals surface area (Å²) in [7, 11) is 1.70. The van der Waals surface area contributed by atoms with Crippen LogP contribution >= 0.6 is 0 Å². The van der Waals surface area contributed by atoms with Crippen LogP contribution in [-0.2, 0) is 0 Å². The molecule has 1 aromatic rings. The lowest BCUT2D eigenvalue weighted by molar-refractivity contribution is 0.499. The summed E-state index contributed by atoms with van der Waals surface area (Å²) in [5, 5.41) is 2.81. The molecule has 0 spiro atoms. The highest BCUT2D eigenvalue weighted by atomic mass is 19.2. The number of benzene rings is 1. The van der Waals surface area contributed by atoms with E-state index in [2.05, 4.69) is 5.32 Å². The molecule has 13 heavy (non-hydrogen) atoms. The van der Waals surface area contributed by atoms with E-state index >= 15 is 0 Å². The van der Waals surface area contributed by atoms with Gasteiger partial charge in [0.1, 0.15) is 0 Å². The van der Waals surface area contributed by atoms with Crippen LogP contribution in [0.1, 0.15) is 24.3 Å². The molecular weight excluding hydrogens is 172 g/mol. The van der Waals surface area contributed by atoms with Gasteiger partial charge in [-0.3, -0.25) is 0 Å². The Labute approximate surface area is 75.8 Å². The van der Waals surface area contributed by atoms with Crippen molar-refractivity contribution in [1.82, 2.24) is 0 Å². The maximum atomic E-state index is 13.2. The fraction of sp³-hybridized carbons (Fsp3) is 0.400. The monoisotopic (exact) mass is 183 g/mol. The maximum absolute atomic E-state index is 13.2. The molecule has 1 aromatic carbocycles. The summed E-state index contributed by atoms with van der Waals surface area (Å²) < 4.78 is 26.2. The molecule has 0 atom stereocenters. The van der Waals surface area contributed by atoms with Gasteiger partial charge in [0.2, 0.25) is 0 Å². The van der Waals surface area contributed by atoms with Crippen LogP contribution in [0.2, 0.25) is 0 Å². The molecular formula is C10H11F2N. The molecule has 1 N–H and O–H groups in total. The second-order valence-electron chi connectivity index (χ2n) is 3.39. The lowest BCUT2D eigenvalue weighted by atomic mass is 10.1. The molecule has 0 bridgehead atoms. The molecule has 0 saturated heterocycles. The molecule has 0 aliphatic heterocycles. The van der Waals surface area contributed by atoms with Gasteiger partial charge in [-0.2, -0.15) is 0 Å². The van der Waals surface area contributed by atoms with E-state index in [0.717, 1.165) is 12.8 Å². The molecule has 1 saturated carbocycles. The zero-order valence-corrected chi connectivity index (χ0v) is 7.40. The zero-order chi connectivity index (χ0) is 9.42. The van der Waals surface area contributed by atoms with Gasteiger partial charge in [0.15, 0.2) is 11.6 Å². The second-order valence-corrected chi connectivity index (χ2v) is 3.39. The molecule has 0 unspecified atom stereocenters. The van der Waals surface area contributed by atoms with Crippen molar-refractivity contribution in [3.8, 4) is 0 Å². The molecule has 1 aliphatic rings. The van der Waals surface area contributed by atoms with Crippen LogP contribution in [0.25, 0.3) is 0 Å². The number of rotatable bonds is 2. The normalized spacial score (nSPS) is 15.9. The van der Waals surface area contributed by atoms with Gasteiger partial charge < -0.3 is 5.32 Å². The molecule has 3 heteroatoms. The molecule has 1 fully saturated rings. The van der Waals surface area contributed by atoms with Crippen molar-refractivity contribution in [3.63, 3.8) is 0 Å². The van der Waals surface area contributed by atoms with E-state index in [1.165, 1.54) is 6.07 Å². The van der Waals surface area contributed by atoms with E-state index in [9.17, 15) is 8.78 Å². The predicted molar refractivity (Wildman–Crippen MR) is 47.9 cm³/mol. The lowest BCUT2D eigenvalue weighted by Gasteiger charge is -2.06. The highest BCUT2D eigenvalue weighted by molar-refractivity contribution is 5.48. The number of nitrogens with one attached hydrogen (secondary N) is 1. The number of hydrogen-bond donors (Lipinski definition) is 1. The number of hydrogen-bond acceptors (Lipinski definition) is 1. The maximum Gasteiger partial charge on any atom is 0.162 e. The van der Waals surface area contributed by atoms with Gasteiger partial charge >= 0.3 is 0 Å². The van der Waals surface area contributed by atoms with Gasteiger partial charge in [-0.15, -0.1) is 0 Å². The van der Waals surface area contributed by atoms with Crippen LogP contribution in [0, 0.1) is 11.6 Å². The zero-order valence-electron chi connectivity index (χ0n) is 7.40. The van der Waals surface area contributed by atoms with E-state index in [1.54, 1.807) is 13.1 Å². The average molecular weight is 183 g/mol. The second kappa shape index (κ2) is 2.98. The van der Waals surface area contributed by atoms with E-state index in [0.29, 0.717) is 11.3 Å². The predicted octanol–water partition coefficient (Wildman–Crippen LogP) is 2.88. The van der Waals surface area contributed by atoms with Crippen molar-refractivity contribution >= 4 is 5.69 Å². The molecule has 2 rings (SSSR count). The van der Waals surface area contributed by atoms with Gasteiger partial charge in [-0.1, -0.05) is 0 Å². The van der Waals surface area contributed by atoms with Gasteiger partial charge in [0, 0.05) is 18.8 Å². The third kappa shape index (κ3) is 1.50. The standard InChI is InChI=1S/C10H11F2N/c1-13-7-4-8(6-2-3-6)10(12)9(11)5-7/h4-6,13H,2-3H2,1H3. The fourth-order valence-corrected chi connectivity index (χ4v) is 1.45. The topological polar surface area (TPSA) is 12.0 Å². The number of halogens is 2. The van der Waals surface area contributed by atoms with E-state index in [4.69, 9.17) is 0 Å². The highest BCUT2D eigenvalue weighted by Gasteiger charge is 2.28. The minimum Gasteiger partial charge on any atom is -0.388 e. The Morgan fingerprint density at radius 3 is 2.54 bits per heavy atom. The molecule has 0 heterocycles. The van der Waals surface area contributed by atoms with E-state index in [-0.39, 0.29) is 5.92 Å². The summed E-state index contributed by atoms with van der Waals surface area (Å²) in [6.07, 6.45) is 1.95. The van der Waals surface area contributed by atoms with Crippen LogP contribution in [0.15, 0.2) is 12.1 Å². The molecule has 0 amide bonds. The summed E-state index contributed by atoms with van der Waals surface area (Å²) >= 11 is 0. The van der Waals surface area contributed by atoms with Crippen LogP contribution in [0.5, 0.6) is 0 Å². The summed E-state index contributed by atoms with van der Waals surface area (Å²) in [6.45, 7) is 0. The SMILES string of the molecule is CNc1cc(F)c(F)c(C2CC2)c1. The lowest BCUT2D eigenvalue weighted by Crippen LogP contribution is -1.96. The van der Waals surface area contributed by atoms with E-state index < -0.39 is 11.6 Å². The van der Waals surface area contributed by atoms with Gasteiger partial charge in [0.05, 0.1) is 0 Å². The molecule has 70 valence electrons. The minimum absolute atomic E-state index is 0.239. The summed E-state index contributed by atoms with van der Waals surface area (Å²) in [5.41, 5.74) is 1.16. The smallest absolute Gasteiger partial charge is 0.162 e. The fourth-order valence-electron chi connectivity index (χ4n) is 1.45. The van der Waals surface area contributed by atoms with Crippen molar-refractivity contribution in [2.45, 2.75) is 18.8 Å². The van der Waals surface area contributed by atoms with Crippen LogP contribution in [0.3, 0.4) is 0 Å². The first-order chi connectivity index (χ1) is 6.22. The summed E-state index contributed by atoms with van der Waals surface area (Å²) in [6, 6.07) is 2.87. The largest absolute Gasteiger partial charge is 0.388 e.